The van der Waals surface area contributed by atoms with Crippen molar-refractivity contribution in [3.63, 3.8) is 0 Å². The highest BCUT2D eigenvalue weighted by molar-refractivity contribution is 6.36. The molecular formula is C56H37N5O. The summed E-state index contributed by atoms with van der Waals surface area (Å²) in [5, 5.41) is 15.7. The highest BCUT2D eigenvalue weighted by Gasteiger charge is 2.24. The first-order valence-corrected chi connectivity index (χ1v) is 20.6. The topological polar surface area (TPSA) is 87.7 Å². The van der Waals surface area contributed by atoms with Crippen molar-refractivity contribution in [1.29, 1.82) is 5.41 Å². The molecule has 0 aliphatic carbocycles. The lowest BCUT2D eigenvalue weighted by Gasteiger charge is -2.26. The van der Waals surface area contributed by atoms with Crippen molar-refractivity contribution in [1.82, 2.24) is 20.3 Å². The Kier molecular flexibility index (Phi) is 9.21. The first kappa shape index (κ1) is 36.6. The van der Waals surface area contributed by atoms with Gasteiger partial charge in [-0.3, -0.25) is 5.41 Å². The quantitative estimate of drug-likeness (QED) is 0.150. The Balaban J connectivity index is 1.00. The average molecular weight is 796 g/mol. The summed E-state index contributed by atoms with van der Waals surface area (Å²) in [5.74, 6) is 1.71. The number of para-hydroxylation sites is 2. The second-order valence-electron chi connectivity index (χ2n) is 15.2. The molecule has 0 saturated carbocycles. The van der Waals surface area contributed by atoms with Crippen molar-refractivity contribution < 1.29 is 4.42 Å². The van der Waals surface area contributed by atoms with Crippen LogP contribution < -0.4 is 5.32 Å². The molecule has 0 atom stereocenters. The number of rotatable bonds is 8. The number of hydrogen-bond acceptors (Lipinski definition) is 6. The van der Waals surface area contributed by atoms with Gasteiger partial charge in [0, 0.05) is 55.4 Å². The second kappa shape index (κ2) is 15.6. The molecule has 8 aromatic carbocycles. The predicted molar refractivity (Wildman–Crippen MR) is 253 cm³/mol. The smallest absolute Gasteiger partial charge is 0.164 e. The summed E-state index contributed by atoms with van der Waals surface area (Å²) in [4.78, 5) is 15.1. The number of nitrogens with one attached hydrogen (secondary N) is 2. The Bertz CT molecular complexity index is 3350. The lowest BCUT2D eigenvalue weighted by atomic mass is 9.87. The fourth-order valence-electron chi connectivity index (χ4n) is 8.29. The molecule has 1 aliphatic heterocycles. The largest absolute Gasteiger partial charge is 0.455 e. The first-order valence-electron chi connectivity index (χ1n) is 20.6. The Morgan fingerprint density at radius 3 is 1.63 bits per heavy atom. The number of furan rings is 1. The monoisotopic (exact) mass is 795 g/mol. The molecule has 0 unspecified atom stereocenters. The molecule has 3 heterocycles. The van der Waals surface area contributed by atoms with Crippen LogP contribution in [0.1, 0.15) is 27.8 Å². The summed E-state index contributed by atoms with van der Waals surface area (Å²) >= 11 is 0. The summed E-state index contributed by atoms with van der Waals surface area (Å²) in [5.41, 5.74) is 14.4. The van der Waals surface area contributed by atoms with Crippen LogP contribution in [0.15, 0.2) is 211 Å². The highest BCUT2D eigenvalue weighted by atomic mass is 16.3. The van der Waals surface area contributed by atoms with Gasteiger partial charge in [-0.05, 0) is 34.4 Å². The van der Waals surface area contributed by atoms with Crippen LogP contribution in [0.5, 0.6) is 0 Å². The summed E-state index contributed by atoms with van der Waals surface area (Å²) in [6.45, 7) is 0. The Morgan fingerprint density at radius 1 is 0.419 bits per heavy atom. The third-order valence-electron chi connectivity index (χ3n) is 11.4. The molecule has 292 valence electrons. The van der Waals surface area contributed by atoms with Crippen LogP contribution in [0, 0.1) is 5.41 Å². The minimum absolute atomic E-state index is 0.416. The van der Waals surface area contributed by atoms with Crippen molar-refractivity contribution in [2.24, 2.45) is 0 Å². The fraction of sp³-hybridized carbons (Fsp3) is 0. The van der Waals surface area contributed by atoms with Gasteiger partial charge in [-0.15, -0.1) is 0 Å². The van der Waals surface area contributed by atoms with E-state index in [0.717, 1.165) is 94.5 Å². The molecule has 0 radical (unpaired) electrons. The van der Waals surface area contributed by atoms with E-state index in [1.807, 2.05) is 115 Å². The zero-order valence-electron chi connectivity index (χ0n) is 33.5. The van der Waals surface area contributed by atoms with E-state index in [4.69, 9.17) is 19.4 Å². The van der Waals surface area contributed by atoms with Crippen molar-refractivity contribution in [3.8, 4) is 45.3 Å². The van der Waals surface area contributed by atoms with Crippen molar-refractivity contribution >= 4 is 50.7 Å². The standard InChI is InChI=1S/C56H37N5O/c57-51(39-17-6-2-7-18-39)50(52-44-22-11-10-21-43(44)35-48(58-52)37-15-4-1-5-16-37)38-29-33-42(34-30-38)56-60-54(40-19-8-3-9-20-40)59-55(61-56)41-31-27-36(28-32-41)45-24-14-25-47-46-23-12-13-26-49(46)62-53(45)47/h1-35,57-58H/b52-50-,57-51?. The zero-order chi connectivity index (χ0) is 41.4. The van der Waals surface area contributed by atoms with Crippen LogP contribution in [-0.4, -0.2) is 20.7 Å². The third kappa shape index (κ3) is 6.76. The minimum atomic E-state index is 0.416. The van der Waals surface area contributed by atoms with Gasteiger partial charge in [0.1, 0.15) is 11.2 Å². The van der Waals surface area contributed by atoms with Gasteiger partial charge in [-0.1, -0.05) is 200 Å². The van der Waals surface area contributed by atoms with Crippen molar-refractivity contribution in [3.05, 3.63) is 234 Å². The Morgan fingerprint density at radius 2 is 0.935 bits per heavy atom. The van der Waals surface area contributed by atoms with Gasteiger partial charge < -0.3 is 9.73 Å². The van der Waals surface area contributed by atoms with E-state index in [9.17, 15) is 5.41 Å². The molecule has 6 heteroatoms. The molecule has 11 rings (SSSR count). The molecule has 0 amide bonds. The van der Waals surface area contributed by atoms with Gasteiger partial charge in [0.05, 0.1) is 11.4 Å². The van der Waals surface area contributed by atoms with Gasteiger partial charge >= 0.3 is 0 Å². The maximum absolute atomic E-state index is 9.72. The Hall–Kier alpha value is -8.48. The maximum atomic E-state index is 9.72. The molecule has 0 saturated heterocycles. The molecule has 0 bridgehead atoms. The van der Waals surface area contributed by atoms with Crippen molar-refractivity contribution in [2.45, 2.75) is 0 Å². The van der Waals surface area contributed by atoms with E-state index in [2.05, 4.69) is 102 Å². The number of hydrogen-bond donors (Lipinski definition) is 2. The lowest BCUT2D eigenvalue weighted by molar-refractivity contribution is 0.670. The Labute approximate surface area is 358 Å². The summed E-state index contributed by atoms with van der Waals surface area (Å²) in [7, 11) is 0. The van der Waals surface area contributed by atoms with E-state index in [-0.39, 0.29) is 0 Å². The lowest BCUT2D eigenvalue weighted by Crippen LogP contribution is -2.20. The SMILES string of the molecule is N=C(/C(=C1\NC(c2ccccc2)=Cc2ccccc21)c1ccc(-c2nc(-c3ccccc3)nc(-c3ccc(-c4cccc5c4oc4ccccc45)cc3)n2)cc1)c1ccccc1. The molecule has 10 aromatic rings. The van der Waals surface area contributed by atoms with Crippen LogP contribution in [-0.2, 0) is 0 Å². The van der Waals surface area contributed by atoms with Gasteiger partial charge in [0.25, 0.3) is 0 Å². The molecular weight excluding hydrogens is 759 g/mol. The van der Waals surface area contributed by atoms with Crippen LogP contribution in [0.3, 0.4) is 0 Å². The number of aromatic nitrogens is 3. The molecule has 1 aliphatic rings. The van der Waals surface area contributed by atoms with Gasteiger partial charge in [0.2, 0.25) is 0 Å². The minimum Gasteiger partial charge on any atom is -0.455 e. The fourth-order valence-corrected chi connectivity index (χ4v) is 8.29. The van der Waals surface area contributed by atoms with Gasteiger partial charge in [0.15, 0.2) is 17.5 Å². The summed E-state index contributed by atoms with van der Waals surface area (Å²) < 4.78 is 6.36. The predicted octanol–water partition coefficient (Wildman–Crippen LogP) is 13.5. The maximum Gasteiger partial charge on any atom is 0.164 e. The van der Waals surface area contributed by atoms with Gasteiger partial charge in [-0.2, -0.15) is 0 Å². The first-order chi connectivity index (χ1) is 30.6. The molecule has 0 spiro atoms. The average Bonchev–Trinajstić information content (AvgIpc) is 3.74. The number of allylic oxidation sites excluding steroid dienone is 1. The number of benzene rings is 8. The molecule has 62 heavy (non-hydrogen) atoms. The molecule has 2 N–H and O–H groups in total. The summed E-state index contributed by atoms with van der Waals surface area (Å²) in [6, 6.07) is 69.6. The normalized spacial score (nSPS) is 13.0. The van der Waals surface area contributed by atoms with Crippen LogP contribution in [0.4, 0.5) is 0 Å². The second-order valence-corrected chi connectivity index (χ2v) is 15.2. The number of fused-ring (bicyclic) bond motifs is 4. The zero-order valence-corrected chi connectivity index (χ0v) is 33.5. The number of nitrogens with zero attached hydrogens (tertiary/aromatic N) is 3. The van der Waals surface area contributed by atoms with E-state index in [1.54, 1.807) is 0 Å². The third-order valence-corrected chi connectivity index (χ3v) is 11.4. The van der Waals surface area contributed by atoms with Crippen LogP contribution >= 0.6 is 0 Å². The molecule has 0 fully saturated rings. The van der Waals surface area contributed by atoms with E-state index in [1.165, 1.54) is 0 Å². The molecule has 6 nitrogen and oxygen atoms in total. The van der Waals surface area contributed by atoms with E-state index >= 15 is 0 Å². The van der Waals surface area contributed by atoms with Crippen LogP contribution in [0.25, 0.3) is 90.3 Å². The van der Waals surface area contributed by atoms with Crippen LogP contribution in [0.2, 0.25) is 0 Å². The molecule has 2 aromatic heterocycles. The highest BCUT2D eigenvalue weighted by Crippen LogP contribution is 2.38. The van der Waals surface area contributed by atoms with E-state index < -0.39 is 0 Å². The van der Waals surface area contributed by atoms with Gasteiger partial charge in [-0.25, -0.2) is 15.0 Å². The summed E-state index contributed by atoms with van der Waals surface area (Å²) in [6.07, 6.45) is 2.18. The van der Waals surface area contributed by atoms with E-state index in [0.29, 0.717) is 23.2 Å². The van der Waals surface area contributed by atoms with Crippen molar-refractivity contribution in [2.75, 3.05) is 0 Å².